The smallest absolute Gasteiger partial charge is 0.206 e. The first-order chi connectivity index (χ1) is 7.34. The number of fused-ring (bicyclic) bond motifs is 1. The molecule has 0 aliphatic heterocycles. The fourth-order valence-corrected chi connectivity index (χ4v) is 2.36. The second-order valence-corrected chi connectivity index (χ2v) is 4.28. The summed E-state index contributed by atoms with van der Waals surface area (Å²) in [6, 6.07) is 8.43. The number of benzene rings is 1. The van der Waals surface area contributed by atoms with Gasteiger partial charge in [-0.05, 0) is 6.92 Å². The predicted molar refractivity (Wildman–Crippen MR) is 61.0 cm³/mol. The largest absolute Gasteiger partial charge is 0.212 e. The van der Waals surface area contributed by atoms with Crippen molar-refractivity contribution in [1.29, 1.82) is 0 Å². The summed E-state index contributed by atoms with van der Waals surface area (Å²) < 4.78 is 1.87. The quantitative estimate of drug-likeness (QED) is 0.624. The summed E-state index contributed by atoms with van der Waals surface area (Å²) in [5, 5.41) is 6.28. The highest BCUT2D eigenvalue weighted by Gasteiger charge is 2.06. The minimum absolute atomic E-state index is 0.936. The van der Waals surface area contributed by atoms with Crippen LogP contribution in [0.1, 0.15) is 5.56 Å². The van der Waals surface area contributed by atoms with Crippen LogP contribution in [0.2, 0.25) is 0 Å². The molecular formula is C11H9N3S. The van der Waals surface area contributed by atoms with Crippen LogP contribution in [0.4, 0.5) is 0 Å². The molecule has 0 radical (unpaired) electrons. The van der Waals surface area contributed by atoms with E-state index in [-0.39, 0.29) is 0 Å². The van der Waals surface area contributed by atoms with Crippen molar-refractivity contribution < 1.29 is 0 Å². The van der Waals surface area contributed by atoms with Gasteiger partial charge in [0.05, 0.1) is 5.69 Å². The number of rotatable bonds is 1. The molecule has 4 heteroatoms. The van der Waals surface area contributed by atoms with Gasteiger partial charge in [0.25, 0.3) is 0 Å². The third-order valence-corrected chi connectivity index (χ3v) is 3.20. The first kappa shape index (κ1) is 8.61. The molecule has 74 valence electrons. The average Bonchev–Trinajstić information content (AvgIpc) is 2.80. The Morgan fingerprint density at radius 3 is 2.80 bits per heavy atom. The molecule has 0 saturated heterocycles. The number of thiazole rings is 1. The molecule has 3 rings (SSSR count). The van der Waals surface area contributed by atoms with Crippen LogP contribution in [-0.2, 0) is 0 Å². The van der Waals surface area contributed by atoms with Gasteiger partial charge in [-0.15, -0.1) is 11.3 Å². The lowest BCUT2D eigenvalue weighted by Gasteiger charge is -1.98. The third kappa shape index (κ3) is 1.34. The molecule has 15 heavy (non-hydrogen) atoms. The Hall–Kier alpha value is -1.68. The molecule has 3 nitrogen and oxygen atoms in total. The molecule has 2 aromatic heterocycles. The van der Waals surface area contributed by atoms with E-state index in [0.717, 1.165) is 10.7 Å². The van der Waals surface area contributed by atoms with Gasteiger partial charge in [0.1, 0.15) is 6.33 Å². The fourth-order valence-electron chi connectivity index (χ4n) is 1.55. The van der Waals surface area contributed by atoms with Crippen LogP contribution < -0.4 is 0 Å². The standard InChI is InChI=1S/C11H9N3S/c1-8-2-4-9(5-3-8)10-6-15-11-12-7-13-14(10)11/h2-7H,1H3. The van der Waals surface area contributed by atoms with Crippen LogP contribution in [0.25, 0.3) is 16.2 Å². The Labute approximate surface area is 91.0 Å². The van der Waals surface area contributed by atoms with E-state index in [9.17, 15) is 0 Å². The lowest BCUT2D eigenvalue weighted by molar-refractivity contribution is 0.984. The SMILES string of the molecule is Cc1ccc(-c2csc3ncnn23)cc1. The Morgan fingerprint density at radius 2 is 2.00 bits per heavy atom. The van der Waals surface area contributed by atoms with Crippen molar-refractivity contribution in [2.45, 2.75) is 6.92 Å². The van der Waals surface area contributed by atoms with Crippen molar-refractivity contribution in [2.75, 3.05) is 0 Å². The Balaban J connectivity index is 2.21. The van der Waals surface area contributed by atoms with Gasteiger partial charge in [0.15, 0.2) is 0 Å². The third-order valence-electron chi connectivity index (χ3n) is 2.37. The summed E-state index contributed by atoms with van der Waals surface area (Å²) >= 11 is 1.61. The van der Waals surface area contributed by atoms with Gasteiger partial charge < -0.3 is 0 Å². The molecule has 1 aromatic carbocycles. The first-order valence-electron chi connectivity index (χ1n) is 4.69. The topological polar surface area (TPSA) is 30.2 Å². The number of aryl methyl sites for hydroxylation is 1. The van der Waals surface area contributed by atoms with E-state index in [1.807, 2.05) is 4.52 Å². The summed E-state index contributed by atoms with van der Waals surface area (Å²) in [6.45, 7) is 2.09. The molecule has 0 aliphatic carbocycles. The van der Waals surface area contributed by atoms with Crippen LogP contribution in [0.15, 0.2) is 36.0 Å². The molecule has 0 atom stereocenters. The highest BCUT2D eigenvalue weighted by molar-refractivity contribution is 7.15. The molecule has 0 aliphatic rings. The molecule has 0 amide bonds. The number of hydrogen-bond acceptors (Lipinski definition) is 3. The molecule has 0 saturated carbocycles. The second-order valence-electron chi connectivity index (χ2n) is 3.44. The molecule has 0 N–H and O–H groups in total. The van der Waals surface area contributed by atoms with Gasteiger partial charge in [0, 0.05) is 10.9 Å². The lowest BCUT2D eigenvalue weighted by Crippen LogP contribution is -1.87. The second kappa shape index (κ2) is 3.17. The summed E-state index contributed by atoms with van der Waals surface area (Å²) in [5.74, 6) is 0. The van der Waals surface area contributed by atoms with E-state index >= 15 is 0 Å². The molecule has 0 spiro atoms. The van der Waals surface area contributed by atoms with E-state index in [4.69, 9.17) is 0 Å². The molecule has 0 fully saturated rings. The lowest BCUT2D eigenvalue weighted by atomic mass is 10.1. The number of nitrogens with zero attached hydrogens (tertiary/aromatic N) is 3. The minimum Gasteiger partial charge on any atom is -0.206 e. The maximum atomic E-state index is 4.19. The molecule has 3 aromatic rings. The zero-order chi connectivity index (χ0) is 10.3. The van der Waals surface area contributed by atoms with Crippen LogP contribution in [0, 0.1) is 6.92 Å². The molecular weight excluding hydrogens is 206 g/mol. The van der Waals surface area contributed by atoms with Crippen molar-refractivity contribution >= 4 is 16.3 Å². The molecule has 2 heterocycles. The first-order valence-corrected chi connectivity index (χ1v) is 5.57. The van der Waals surface area contributed by atoms with Crippen molar-refractivity contribution in [3.63, 3.8) is 0 Å². The Morgan fingerprint density at radius 1 is 1.20 bits per heavy atom. The van der Waals surface area contributed by atoms with E-state index in [0.29, 0.717) is 0 Å². The van der Waals surface area contributed by atoms with E-state index in [1.54, 1.807) is 17.7 Å². The van der Waals surface area contributed by atoms with Crippen LogP contribution in [-0.4, -0.2) is 14.6 Å². The zero-order valence-electron chi connectivity index (χ0n) is 8.21. The Bertz CT molecular complexity index is 592. The maximum Gasteiger partial charge on any atom is 0.212 e. The van der Waals surface area contributed by atoms with Crippen LogP contribution in [0.5, 0.6) is 0 Å². The molecule has 0 unspecified atom stereocenters. The van der Waals surface area contributed by atoms with E-state index < -0.39 is 0 Å². The van der Waals surface area contributed by atoms with Crippen molar-refractivity contribution in [2.24, 2.45) is 0 Å². The van der Waals surface area contributed by atoms with Gasteiger partial charge in [-0.3, -0.25) is 0 Å². The van der Waals surface area contributed by atoms with Crippen molar-refractivity contribution in [1.82, 2.24) is 14.6 Å². The normalized spacial score (nSPS) is 11.0. The van der Waals surface area contributed by atoms with Gasteiger partial charge in [-0.25, -0.2) is 9.50 Å². The highest BCUT2D eigenvalue weighted by Crippen LogP contribution is 2.24. The zero-order valence-corrected chi connectivity index (χ0v) is 9.03. The fraction of sp³-hybridized carbons (Fsp3) is 0.0909. The maximum absolute atomic E-state index is 4.19. The van der Waals surface area contributed by atoms with Gasteiger partial charge >= 0.3 is 0 Å². The number of hydrogen-bond donors (Lipinski definition) is 0. The van der Waals surface area contributed by atoms with Gasteiger partial charge in [-0.2, -0.15) is 5.10 Å². The van der Waals surface area contributed by atoms with E-state index in [2.05, 4.69) is 46.7 Å². The predicted octanol–water partition coefficient (Wildman–Crippen LogP) is 2.77. The van der Waals surface area contributed by atoms with Crippen molar-refractivity contribution in [3.8, 4) is 11.3 Å². The van der Waals surface area contributed by atoms with Crippen molar-refractivity contribution in [3.05, 3.63) is 41.5 Å². The summed E-state index contributed by atoms with van der Waals surface area (Å²) in [7, 11) is 0. The van der Waals surface area contributed by atoms with Gasteiger partial charge in [-0.1, -0.05) is 29.8 Å². The van der Waals surface area contributed by atoms with Crippen LogP contribution >= 0.6 is 11.3 Å². The van der Waals surface area contributed by atoms with Crippen LogP contribution in [0.3, 0.4) is 0 Å². The average molecular weight is 215 g/mol. The minimum atomic E-state index is 0.936. The summed E-state index contributed by atoms with van der Waals surface area (Å²) in [4.78, 5) is 5.09. The van der Waals surface area contributed by atoms with Gasteiger partial charge in [0.2, 0.25) is 4.96 Å². The van der Waals surface area contributed by atoms with E-state index in [1.165, 1.54) is 11.1 Å². The molecule has 0 bridgehead atoms. The highest BCUT2D eigenvalue weighted by atomic mass is 32.1. The number of aromatic nitrogens is 3. The monoisotopic (exact) mass is 215 g/mol. The summed E-state index contributed by atoms with van der Waals surface area (Å²) in [6.07, 6.45) is 1.59. The Kier molecular flexibility index (Phi) is 1.82. The summed E-state index contributed by atoms with van der Waals surface area (Å²) in [5.41, 5.74) is 3.55.